The standard InChI is InChI=1S/C11H19NO/c12-10(8-9-4-3-5-9)11-6-1-2-7-13-11/h6,9-10H,1-5,7-8,12H2. The van der Waals surface area contributed by atoms with E-state index >= 15 is 0 Å². The smallest absolute Gasteiger partial charge is 0.109 e. The molecule has 1 aliphatic carbocycles. The normalized spacial score (nSPS) is 25.8. The van der Waals surface area contributed by atoms with Crippen molar-refractivity contribution in [3.8, 4) is 0 Å². The molecule has 1 saturated carbocycles. The maximum atomic E-state index is 6.07. The molecular weight excluding hydrogens is 162 g/mol. The predicted octanol–water partition coefficient (Wildman–Crippen LogP) is 2.20. The summed E-state index contributed by atoms with van der Waals surface area (Å²) in [4.78, 5) is 0. The van der Waals surface area contributed by atoms with Crippen LogP contribution in [0.25, 0.3) is 0 Å². The van der Waals surface area contributed by atoms with Crippen LogP contribution in [0.2, 0.25) is 0 Å². The first-order valence-corrected chi connectivity index (χ1v) is 5.44. The molecule has 0 radical (unpaired) electrons. The van der Waals surface area contributed by atoms with Gasteiger partial charge in [0.15, 0.2) is 0 Å². The molecule has 13 heavy (non-hydrogen) atoms. The number of hydrogen-bond donors (Lipinski definition) is 1. The van der Waals surface area contributed by atoms with Crippen molar-refractivity contribution in [3.63, 3.8) is 0 Å². The minimum atomic E-state index is 0.172. The maximum Gasteiger partial charge on any atom is 0.109 e. The molecule has 0 aromatic carbocycles. The summed E-state index contributed by atoms with van der Waals surface area (Å²) in [7, 11) is 0. The van der Waals surface area contributed by atoms with Gasteiger partial charge in [-0.05, 0) is 31.3 Å². The Morgan fingerprint density at radius 2 is 2.31 bits per heavy atom. The Bertz CT molecular complexity index is 196. The number of allylic oxidation sites excluding steroid dienone is 1. The zero-order valence-corrected chi connectivity index (χ0v) is 8.17. The fourth-order valence-electron chi connectivity index (χ4n) is 2.04. The molecule has 2 nitrogen and oxygen atoms in total. The van der Waals surface area contributed by atoms with Gasteiger partial charge in [0.05, 0.1) is 12.6 Å². The van der Waals surface area contributed by atoms with Crippen LogP contribution in [0.3, 0.4) is 0 Å². The zero-order valence-electron chi connectivity index (χ0n) is 8.17. The molecule has 74 valence electrons. The second-order valence-corrected chi connectivity index (χ2v) is 4.24. The minimum absolute atomic E-state index is 0.172. The summed E-state index contributed by atoms with van der Waals surface area (Å²) < 4.78 is 5.55. The summed E-state index contributed by atoms with van der Waals surface area (Å²) in [6.07, 6.45) is 9.76. The van der Waals surface area contributed by atoms with Crippen LogP contribution >= 0.6 is 0 Å². The molecule has 2 heteroatoms. The summed E-state index contributed by atoms with van der Waals surface area (Å²) in [6.45, 7) is 0.865. The highest BCUT2D eigenvalue weighted by atomic mass is 16.5. The van der Waals surface area contributed by atoms with Crippen molar-refractivity contribution in [3.05, 3.63) is 11.8 Å². The van der Waals surface area contributed by atoms with Crippen LogP contribution in [0, 0.1) is 5.92 Å². The molecule has 0 aromatic rings. The van der Waals surface area contributed by atoms with Crippen molar-refractivity contribution in [2.24, 2.45) is 11.7 Å². The average molecular weight is 181 g/mol. The van der Waals surface area contributed by atoms with Crippen molar-refractivity contribution >= 4 is 0 Å². The summed E-state index contributed by atoms with van der Waals surface area (Å²) >= 11 is 0. The van der Waals surface area contributed by atoms with E-state index in [9.17, 15) is 0 Å². The van der Waals surface area contributed by atoms with E-state index in [2.05, 4.69) is 6.08 Å². The Kier molecular flexibility index (Phi) is 2.89. The van der Waals surface area contributed by atoms with Crippen LogP contribution in [0.5, 0.6) is 0 Å². The van der Waals surface area contributed by atoms with Crippen molar-refractivity contribution in [1.29, 1.82) is 0 Å². The zero-order chi connectivity index (χ0) is 9.10. The van der Waals surface area contributed by atoms with E-state index in [0.717, 1.165) is 37.5 Å². The molecule has 2 aliphatic rings. The van der Waals surface area contributed by atoms with Crippen LogP contribution in [0.4, 0.5) is 0 Å². The highest BCUT2D eigenvalue weighted by Gasteiger charge is 2.23. The molecule has 0 aromatic heterocycles. The van der Waals surface area contributed by atoms with E-state index in [1.807, 2.05) is 0 Å². The minimum Gasteiger partial charge on any atom is -0.497 e. The third kappa shape index (κ3) is 2.25. The number of nitrogens with two attached hydrogens (primary N) is 1. The molecule has 1 fully saturated rings. The lowest BCUT2D eigenvalue weighted by Gasteiger charge is -2.29. The second kappa shape index (κ2) is 4.14. The first-order valence-electron chi connectivity index (χ1n) is 5.44. The van der Waals surface area contributed by atoms with E-state index in [1.165, 1.54) is 19.3 Å². The van der Waals surface area contributed by atoms with Gasteiger partial charge in [-0.25, -0.2) is 0 Å². The SMILES string of the molecule is NC(CC1CCC1)C1=CCCCO1. The van der Waals surface area contributed by atoms with Crippen LogP contribution < -0.4 is 5.73 Å². The van der Waals surface area contributed by atoms with Crippen LogP contribution in [0.1, 0.15) is 38.5 Å². The quantitative estimate of drug-likeness (QED) is 0.724. The molecule has 1 atom stereocenters. The Balaban J connectivity index is 1.80. The summed E-state index contributed by atoms with van der Waals surface area (Å²) in [5, 5.41) is 0. The molecular formula is C11H19NO. The summed E-state index contributed by atoms with van der Waals surface area (Å²) in [6, 6.07) is 0.172. The monoisotopic (exact) mass is 181 g/mol. The number of rotatable bonds is 3. The van der Waals surface area contributed by atoms with Gasteiger partial charge < -0.3 is 10.5 Å². The van der Waals surface area contributed by atoms with Gasteiger partial charge >= 0.3 is 0 Å². The van der Waals surface area contributed by atoms with E-state index in [1.54, 1.807) is 0 Å². The van der Waals surface area contributed by atoms with Crippen LogP contribution in [-0.4, -0.2) is 12.6 Å². The molecule has 2 N–H and O–H groups in total. The fraction of sp³-hybridized carbons (Fsp3) is 0.818. The van der Waals surface area contributed by atoms with E-state index in [0.29, 0.717) is 0 Å². The highest BCUT2D eigenvalue weighted by Crippen LogP contribution is 2.31. The lowest BCUT2D eigenvalue weighted by atomic mass is 9.80. The topological polar surface area (TPSA) is 35.2 Å². The Hall–Kier alpha value is -0.500. The van der Waals surface area contributed by atoms with Crippen molar-refractivity contribution in [2.45, 2.75) is 44.6 Å². The molecule has 0 amide bonds. The maximum absolute atomic E-state index is 6.07. The van der Waals surface area contributed by atoms with Gasteiger partial charge in [-0.3, -0.25) is 0 Å². The van der Waals surface area contributed by atoms with Crippen molar-refractivity contribution in [1.82, 2.24) is 0 Å². The van der Waals surface area contributed by atoms with Gasteiger partial charge in [0.2, 0.25) is 0 Å². The second-order valence-electron chi connectivity index (χ2n) is 4.24. The van der Waals surface area contributed by atoms with Crippen LogP contribution in [-0.2, 0) is 4.74 Å². The van der Waals surface area contributed by atoms with E-state index in [-0.39, 0.29) is 6.04 Å². The molecule has 1 heterocycles. The average Bonchev–Trinajstić information content (AvgIpc) is 2.12. The predicted molar refractivity (Wildman–Crippen MR) is 53.2 cm³/mol. The van der Waals surface area contributed by atoms with E-state index < -0.39 is 0 Å². The molecule has 0 spiro atoms. The molecule has 1 aliphatic heterocycles. The first-order chi connectivity index (χ1) is 6.36. The van der Waals surface area contributed by atoms with Crippen molar-refractivity contribution in [2.75, 3.05) is 6.61 Å². The summed E-state index contributed by atoms with van der Waals surface area (Å²) in [5.74, 6) is 1.93. The third-order valence-electron chi connectivity index (χ3n) is 3.14. The van der Waals surface area contributed by atoms with Crippen molar-refractivity contribution < 1.29 is 4.74 Å². The third-order valence-corrected chi connectivity index (χ3v) is 3.14. The lowest BCUT2D eigenvalue weighted by Crippen LogP contribution is -2.30. The van der Waals surface area contributed by atoms with Gasteiger partial charge in [-0.15, -0.1) is 0 Å². The Morgan fingerprint density at radius 3 is 2.85 bits per heavy atom. The lowest BCUT2D eigenvalue weighted by molar-refractivity contribution is 0.161. The molecule has 1 unspecified atom stereocenters. The number of ether oxygens (including phenoxy) is 1. The largest absolute Gasteiger partial charge is 0.497 e. The van der Waals surface area contributed by atoms with Gasteiger partial charge in [-0.1, -0.05) is 19.3 Å². The number of hydrogen-bond acceptors (Lipinski definition) is 2. The Morgan fingerprint density at radius 1 is 1.46 bits per heavy atom. The Labute approximate surface area is 80.1 Å². The molecule has 2 rings (SSSR count). The van der Waals surface area contributed by atoms with Gasteiger partial charge in [0.1, 0.15) is 5.76 Å². The summed E-state index contributed by atoms with van der Waals surface area (Å²) in [5.41, 5.74) is 6.07. The molecule has 0 bridgehead atoms. The van der Waals surface area contributed by atoms with E-state index in [4.69, 9.17) is 10.5 Å². The molecule has 0 saturated heterocycles. The fourth-order valence-corrected chi connectivity index (χ4v) is 2.04. The first kappa shape index (κ1) is 9.07. The highest BCUT2D eigenvalue weighted by molar-refractivity contribution is 5.05. The van der Waals surface area contributed by atoms with Crippen LogP contribution in [0.15, 0.2) is 11.8 Å². The van der Waals surface area contributed by atoms with Gasteiger partial charge in [0, 0.05) is 0 Å². The van der Waals surface area contributed by atoms with Gasteiger partial charge in [0.25, 0.3) is 0 Å². The van der Waals surface area contributed by atoms with Gasteiger partial charge in [-0.2, -0.15) is 0 Å².